The molecule has 8 heteroatoms. The number of pyridine rings is 1. The van der Waals surface area contributed by atoms with E-state index in [9.17, 15) is 18.4 Å². The van der Waals surface area contributed by atoms with Gasteiger partial charge in [-0.1, -0.05) is 19.1 Å². The van der Waals surface area contributed by atoms with E-state index in [0.29, 0.717) is 5.56 Å². The summed E-state index contributed by atoms with van der Waals surface area (Å²) in [6, 6.07) is 7.12. The lowest BCUT2D eigenvalue weighted by Gasteiger charge is -2.25. The number of hydrogen-bond donors (Lipinski definition) is 1. The smallest absolute Gasteiger partial charge is 0.356 e. The average molecular weight is 418 g/mol. The second-order valence-electron chi connectivity index (χ2n) is 7.92. The Labute approximate surface area is 173 Å². The summed E-state index contributed by atoms with van der Waals surface area (Å²) in [5.74, 6) is -3.50. The number of nitrogens with one attached hydrogen (secondary N) is 1. The van der Waals surface area contributed by atoms with Crippen LogP contribution in [0.1, 0.15) is 48.3 Å². The first kappa shape index (κ1) is 21.8. The Balaban J connectivity index is 1.94. The van der Waals surface area contributed by atoms with Crippen molar-refractivity contribution in [1.82, 2.24) is 4.98 Å². The molecule has 1 fully saturated rings. The van der Waals surface area contributed by atoms with Crippen LogP contribution in [0.15, 0.2) is 30.3 Å². The third-order valence-electron chi connectivity index (χ3n) is 5.79. The average Bonchev–Trinajstić information content (AvgIpc) is 2.95. The summed E-state index contributed by atoms with van der Waals surface area (Å²) in [5, 5.41) is 2.66. The lowest BCUT2D eigenvalue weighted by atomic mass is 9.77. The van der Waals surface area contributed by atoms with Crippen LogP contribution in [-0.2, 0) is 14.3 Å². The molecule has 3 rings (SSSR count). The van der Waals surface area contributed by atoms with Gasteiger partial charge in [0.25, 0.3) is 5.91 Å². The number of aromatic nitrogens is 1. The van der Waals surface area contributed by atoms with Gasteiger partial charge in [0, 0.05) is 5.92 Å². The van der Waals surface area contributed by atoms with Gasteiger partial charge in [0.15, 0.2) is 17.3 Å². The Morgan fingerprint density at radius 1 is 1.20 bits per heavy atom. The van der Waals surface area contributed by atoms with Gasteiger partial charge in [-0.05, 0) is 56.0 Å². The molecule has 0 saturated carbocycles. The van der Waals surface area contributed by atoms with Gasteiger partial charge in [0.2, 0.25) is 0 Å². The fourth-order valence-electron chi connectivity index (χ4n) is 3.80. The minimum absolute atomic E-state index is 0.0457. The molecular weight excluding hydrogens is 394 g/mol. The molecule has 3 atom stereocenters. The predicted molar refractivity (Wildman–Crippen MR) is 106 cm³/mol. The molecule has 1 aliphatic heterocycles. The Kier molecular flexibility index (Phi) is 5.90. The van der Waals surface area contributed by atoms with Crippen LogP contribution in [0.5, 0.6) is 0 Å². The van der Waals surface area contributed by atoms with Gasteiger partial charge in [-0.15, -0.1) is 0 Å². The summed E-state index contributed by atoms with van der Waals surface area (Å²) < 4.78 is 38.5. The minimum Gasteiger partial charge on any atom is -0.464 e. The molecule has 0 unspecified atom stereocenters. The number of anilines is 1. The van der Waals surface area contributed by atoms with Crippen LogP contribution in [0, 0.1) is 24.5 Å². The van der Waals surface area contributed by atoms with Crippen molar-refractivity contribution in [2.24, 2.45) is 5.92 Å². The summed E-state index contributed by atoms with van der Waals surface area (Å²) in [5.41, 5.74) is 0.0372. The molecule has 2 heterocycles. The van der Waals surface area contributed by atoms with Gasteiger partial charge in [-0.2, -0.15) is 0 Å². The Morgan fingerprint density at radius 2 is 1.90 bits per heavy atom. The van der Waals surface area contributed by atoms with E-state index >= 15 is 0 Å². The number of methoxy groups -OCH3 is 1. The lowest BCUT2D eigenvalue weighted by Crippen LogP contribution is -2.33. The van der Waals surface area contributed by atoms with Crippen LogP contribution in [0.2, 0.25) is 0 Å². The third kappa shape index (κ3) is 3.92. The van der Waals surface area contributed by atoms with Crippen molar-refractivity contribution in [3.63, 3.8) is 0 Å². The molecule has 6 nitrogen and oxygen atoms in total. The Hall–Kier alpha value is -2.87. The molecular formula is C22H24F2N2O4. The Morgan fingerprint density at radius 3 is 2.57 bits per heavy atom. The maximum absolute atomic E-state index is 14.2. The van der Waals surface area contributed by atoms with Crippen molar-refractivity contribution in [2.75, 3.05) is 12.4 Å². The van der Waals surface area contributed by atoms with Crippen molar-refractivity contribution >= 4 is 17.7 Å². The van der Waals surface area contributed by atoms with Gasteiger partial charge in [0.1, 0.15) is 11.9 Å². The van der Waals surface area contributed by atoms with Crippen LogP contribution < -0.4 is 5.32 Å². The van der Waals surface area contributed by atoms with Gasteiger partial charge >= 0.3 is 5.97 Å². The van der Waals surface area contributed by atoms with Crippen molar-refractivity contribution in [3.05, 3.63) is 58.8 Å². The van der Waals surface area contributed by atoms with E-state index in [1.54, 1.807) is 6.07 Å². The van der Waals surface area contributed by atoms with Crippen LogP contribution in [0.3, 0.4) is 0 Å². The lowest BCUT2D eigenvalue weighted by molar-refractivity contribution is -0.131. The zero-order chi connectivity index (χ0) is 22.2. The van der Waals surface area contributed by atoms with E-state index in [2.05, 4.69) is 15.0 Å². The molecule has 1 aromatic carbocycles. The SMILES string of the molecule is COC(=O)c1cccc(NC(=O)[C@@H]2OC(C)(C)[C@@H](C)[C@H]2c2ccc(F)c(F)c2C)n1. The molecule has 0 aliphatic carbocycles. The van der Waals surface area contributed by atoms with Crippen molar-refractivity contribution in [3.8, 4) is 0 Å². The van der Waals surface area contributed by atoms with E-state index in [-0.39, 0.29) is 23.0 Å². The van der Waals surface area contributed by atoms with Crippen molar-refractivity contribution in [2.45, 2.75) is 45.3 Å². The summed E-state index contributed by atoms with van der Waals surface area (Å²) in [6.07, 6.45) is -0.956. The maximum atomic E-state index is 14.2. The fraction of sp³-hybridized carbons (Fsp3) is 0.409. The molecule has 0 radical (unpaired) electrons. The molecule has 160 valence electrons. The highest BCUT2D eigenvalue weighted by atomic mass is 19.2. The Bertz CT molecular complexity index is 993. The number of ether oxygens (including phenoxy) is 2. The molecule has 0 spiro atoms. The van der Waals surface area contributed by atoms with Gasteiger partial charge in [-0.3, -0.25) is 4.79 Å². The number of benzene rings is 1. The molecule has 30 heavy (non-hydrogen) atoms. The highest BCUT2D eigenvalue weighted by Gasteiger charge is 2.51. The number of esters is 1. The van der Waals surface area contributed by atoms with E-state index in [1.807, 2.05) is 20.8 Å². The summed E-state index contributed by atoms with van der Waals surface area (Å²) in [7, 11) is 1.24. The standard InChI is InChI=1S/C22H24F2N2O4/c1-11-13(9-10-14(23)18(11)24)17-12(2)22(3,4)30-19(17)20(27)26-16-8-6-7-15(25-16)21(28)29-5/h6-10,12,17,19H,1-5H3,(H,25,26,27)/t12-,17-,19+/m0/s1. The van der Waals surface area contributed by atoms with E-state index in [0.717, 1.165) is 6.07 Å². The van der Waals surface area contributed by atoms with E-state index in [4.69, 9.17) is 4.74 Å². The summed E-state index contributed by atoms with van der Waals surface area (Å²) >= 11 is 0. The molecule has 1 aromatic heterocycles. The summed E-state index contributed by atoms with van der Waals surface area (Å²) in [4.78, 5) is 28.8. The first-order chi connectivity index (χ1) is 14.1. The number of hydrogen-bond acceptors (Lipinski definition) is 5. The normalized spacial score (nSPS) is 22.6. The predicted octanol–water partition coefficient (Wildman–Crippen LogP) is 3.99. The molecule has 1 N–H and O–H groups in total. The van der Waals surface area contributed by atoms with Crippen molar-refractivity contribution in [1.29, 1.82) is 0 Å². The number of halogens is 2. The zero-order valence-electron chi connectivity index (χ0n) is 17.5. The number of carbonyl (C=O) groups excluding carboxylic acids is 2. The molecule has 1 saturated heterocycles. The molecule has 1 aliphatic rings. The van der Waals surface area contributed by atoms with Gasteiger partial charge < -0.3 is 14.8 Å². The number of carbonyl (C=O) groups is 2. The van der Waals surface area contributed by atoms with E-state index < -0.39 is 41.1 Å². The second-order valence-corrected chi connectivity index (χ2v) is 7.92. The first-order valence-electron chi connectivity index (χ1n) is 9.55. The third-order valence-corrected chi connectivity index (χ3v) is 5.79. The molecule has 0 bridgehead atoms. The second kappa shape index (κ2) is 8.10. The topological polar surface area (TPSA) is 77.5 Å². The van der Waals surface area contributed by atoms with Gasteiger partial charge in [-0.25, -0.2) is 18.6 Å². The fourth-order valence-corrected chi connectivity index (χ4v) is 3.80. The molecule has 1 amide bonds. The monoisotopic (exact) mass is 418 g/mol. The minimum atomic E-state index is -0.956. The van der Waals surface area contributed by atoms with Crippen LogP contribution >= 0.6 is 0 Å². The van der Waals surface area contributed by atoms with Crippen molar-refractivity contribution < 1.29 is 27.8 Å². The number of amides is 1. The summed E-state index contributed by atoms with van der Waals surface area (Å²) in [6.45, 7) is 7.10. The highest BCUT2D eigenvalue weighted by molar-refractivity contribution is 5.95. The maximum Gasteiger partial charge on any atom is 0.356 e. The highest BCUT2D eigenvalue weighted by Crippen LogP contribution is 2.47. The quantitative estimate of drug-likeness (QED) is 0.760. The van der Waals surface area contributed by atoms with Crippen LogP contribution in [0.25, 0.3) is 0 Å². The first-order valence-corrected chi connectivity index (χ1v) is 9.55. The zero-order valence-corrected chi connectivity index (χ0v) is 17.5. The van der Waals surface area contributed by atoms with Crippen LogP contribution in [-0.4, -0.2) is 35.7 Å². The number of rotatable bonds is 4. The largest absolute Gasteiger partial charge is 0.464 e. The van der Waals surface area contributed by atoms with Crippen LogP contribution in [0.4, 0.5) is 14.6 Å². The van der Waals surface area contributed by atoms with E-state index in [1.165, 1.54) is 32.2 Å². The van der Waals surface area contributed by atoms with Gasteiger partial charge in [0.05, 0.1) is 12.7 Å². The molecule has 2 aromatic rings. The number of nitrogens with zero attached hydrogens (tertiary/aromatic N) is 1.